The van der Waals surface area contributed by atoms with Gasteiger partial charge in [0.25, 0.3) is 0 Å². The lowest BCUT2D eigenvalue weighted by Gasteiger charge is -2.47. The molecule has 4 amide bonds. The van der Waals surface area contributed by atoms with E-state index >= 15 is 0 Å². The molecule has 0 unspecified atom stereocenters. The minimum atomic E-state index is -1.06. The fourth-order valence-corrected chi connectivity index (χ4v) is 5.28. The van der Waals surface area contributed by atoms with E-state index in [1.165, 1.54) is 0 Å². The van der Waals surface area contributed by atoms with Gasteiger partial charge in [0.1, 0.15) is 26.9 Å². The van der Waals surface area contributed by atoms with Gasteiger partial charge in [-0.15, -0.1) is 0 Å². The van der Waals surface area contributed by atoms with Crippen LogP contribution < -0.4 is 0 Å². The van der Waals surface area contributed by atoms with Crippen molar-refractivity contribution in [3.05, 3.63) is 0 Å². The number of fused-ring (bicyclic) bond motifs is 1. The van der Waals surface area contributed by atoms with Crippen molar-refractivity contribution >= 4 is 12.1 Å². The topological polar surface area (TPSA) is 84.0 Å². The number of ether oxygens (including phenoxy) is 4. The highest BCUT2D eigenvalue weighted by Crippen LogP contribution is 2.53. The number of amides is 4. The number of urea groups is 2. The fourth-order valence-electron chi connectivity index (χ4n) is 5.28. The quantitative estimate of drug-likeness (QED) is 0.237. The van der Waals surface area contributed by atoms with E-state index in [-0.39, 0.29) is 39.0 Å². The third kappa shape index (κ3) is 6.74. The van der Waals surface area contributed by atoms with Crippen molar-refractivity contribution in [1.82, 2.24) is 19.6 Å². The summed E-state index contributed by atoms with van der Waals surface area (Å²) in [4.78, 5) is 35.1. The summed E-state index contributed by atoms with van der Waals surface area (Å²) < 4.78 is 24.1. The lowest BCUT2D eigenvalue weighted by Crippen LogP contribution is -2.67. The standard InChI is InChI=1S/C28H54N4O6/c1-11-12-28-27(10,29(17-35-13-21(2)3)25(33)31(28)19-37-15-23(6)7)30(18-36-14-22(4)5)26(34)32(28)20-38-16-24(8)9/h21-24H,11-20H2,1-10H3. The van der Waals surface area contributed by atoms with Gasteiger partial charge in [0.05, 0.1) is 26.4 Å². The van der Waals surface area contributed by atoms with Crippen LogP contribution in [0.25, 0.3) is 0 Å². The average molecular weight is 543 g/mol. The molecule has 0 N–H and O–H groups in total. The monoisotopic (exact) mass is 542 g/mol. The molecule has 0 aromatic rings. The highest BCUT2D eigenvalue weighted by molar-refractivity contribution is 5.88. The average Bonchev–Trinajstić information content (AvgIpc) is 3.09. The van der Waals surface area contributed by atoms with Crippen LogP contribution in [-0.4, -0.2) is 96.3 Å². The van der Waals surface area contributed by atoms with Crippen LogP contribution in [-0.2, 0) is 18.9 Å². The van der Waals surface area contributed by atoms with E-state index in [9.17, 15) is 9.59 Å². The molecule has 0 aromatic heterocycles. The smallest absolute Gasteiger partial charge is 0.327 e. The molecular formula is C28H54N4O6. The maximum absolute atomic E-state index is 14.2. The molecule has 2 rings (SSSR count). The van der Waals surface area contributed by atoms with Gasteiger partial charge >= 0.3 is 12.1 Å². The molecule has 0 spiro atoms. The molecular weight excluding hydrogens is 488 g/mol. The first-order chi connectivity index (χ1) is 17.8. The summed E-state index contributed by atoms with van der Waals surface area (Å²) in [5, 5.41) is 0. The van der Waals surface area contributed by atoms with Crippen molar-refractivity contribution < 1.29 is 28.5 Å². The molecule has 222 valence electrons. The first-order valence-electron chi connectivity index (χ1n) is 14.3. The van der Waals surface area contributed by atoms with Gasteiger partial charge in [0.15, 0.2) is 11.3 Å². The van der Waals surface area contributed by atoms with Crippen LogP contribution in [0.5, 0.6) is 0 Å². The van der Waals surface area contributed by atoms with Crippen molar-refractivity contribution in [1.29, 1.82) is 0 Å². The Morgan fingerprint density at radius 1 is 0.579 bits per heavy atom. The SMILES string of the molecule is CCCC12N(COCC(C)C)C(=O)N(COCC(C)C)C1(C)N(COCC(C)C)C(=O)N2COCC(C)C. The van der Waals surface area contributed by atoms with Crippen molar-refractivity contribution in [2.45, 2.75) is 93.4 Å². The van der Waals surface area contributed by atoms with E-state index in [0.29, 0.717) is 56.5 Å². The third-order valence-corrected chi connectivity index (χ3v) is 6.91. The zero-order valence-electron chi connectivity index (χ0n) is 25.6. The molecule has 0 aliphatic carbocycles. The van der Waals surface area contributed by atoms with E-state index in [4.69, 9.17) is 18.9 Å². The van der Waals surface area contributed by atoms with Gasteiger partial charge in [0, 0.05) is 0 Å². The zero-order valence-corrected chi connectivity index (χ0v) is 25.6. The molecule has 2 fully saturated rings. The fraction of sp³-hybridized carbons (Fsp3) is 0.929. The largest absolute Gasteiger partial charge is 0.361 e. The van der Waals surface area contributed by atoms with Gasteiger partial charge < -0.3 is 18.9 Å². The van der Waals surface area contributed by atoms with Gasteiger partial charge in [-0.2, -0.15) is 0 Å². The van der Waals surface area contributed by atoms with Crippen LogP contribution in [0, 0.1) is 23.7 Å². The predicted octanol–water partition coefficient (Wildman–Crippen LogP) is 5.19. The Labute approximate surface area is 230 Å². The molecule has 10 nitrogen and oxygen atoms in total. The van der Waals surface area contributed by atoms with Crippen LogP contribution in [0.2, 0.25) is 0 Å². The number of rotatable bonds is 18. The number of carbonyl (C=O) groups excluding carboxylic acids is 2. The Morgan fingerprint density at radius 2 is 0.868 bits per heavy atom. The summed E-state index contributed by atoms with van der Waals surface area (Å²) in [5.41, 5.74) is -2.08. The third-order valence-electron chi connectivity index (χ3n) is 6.91. The summed E-state index contributed by atoms with van der Waals surface area (Å²) in [6, 6.07) is -0.438. The Morgan fingerprint density at radius 3 is 1.13 bits per heavy atom. The van der Waals surface area contributed by atoms with E-state index in [1.54, 1.807) is 19.6 Å². The minimum absolute atomic E-state index is 0.0638. The lowest BCUT2D eigenvalue weighted by atomic mass is 9.89. The molecule has 10 heteroatoms. The zero-order chi connectivity index (χ0) is 28.7. The summed E-state index contributed by atoms with van der Waals surface area (Å²) >= 11 is 0. The Bertz CT molecular complexity index is 708. The Kier molecular flexibility index (Phi) is 12.1. The van der Waals surface area contributed by atoms with Gasteiger partial charge in [-0.1, -0.05) is 68.7 Å². The first-order valence-corrected chi connectivity index (χ1v) is 14.3. The Hall–Kier alpha value is -1.62. The normalized spacial score (nSPS) is 23.9. The maximum atomic E-state index is 14.2. The summed E-state index contributed by atoms with van der Waals surface area (Å²) in [6.07, 6.45) is 1.30. The molecule has 0 saturated carbocycles. The van der Waals surface area contributed by atoms with Gasteiger partial charge in [0.2, 0.25) is 0 Å². The predicted molar refractivity (Wildman–Crippen MR) is 147 cm³/mol. The highest BCUT2D eigenvalue weighted by Gasteiger charge is 2.76. The molecule has 0 atom stereocenters. The van der Waals surface area contributed by atoms with E-state index in [2.05, 4.69) is 62.3 Å². The van der Waals surface area contributed by atoms with Crippen LogP contribution in [0.3, 0.4) is 0 Å². The van der Waals surface area contributed by atoms with Crippen molar-refractivity contribution in [2.75, 3.05) is 53.4 Å². The molecule has 0 radical (unpaired) electrons. The van der Waals surface area contributed by atoms with Crippen LogP contribution in [0.4, 0.5) is 9.59 Å². The molecule has 2 aliphatic heterocycles. The Balaban J connectivity index is 2.60. The summed E-state index contributed by atoms with van der Waals surface area (Å²) in [6.45, 7) is 22.9. The second-order valence-corrected chi connectivity index (χ2v) is 12.4. The highest BCUT2D eigenvalue weighted by atomic mass is 16.5. The van der Waals surface area contributed by atoms with Crippen molar-refractivity contribution in [3.63, 3.8) is 0 Å². The van der Waals surface area contributed by atoms with E-state index < -0.39 is 11.3 Å². The second-order valence-electron chi connectivity index (χ2n) is 12.4. The number of hydrogen-bond acceptors (Lipinski definition) is 6. The molecule has 38 heavy (non-hydrogen) atoms. The minimum Gasteiger partial charge on any atom is -0.361 e. The van der Waals surface area contributed by atoms with Crippen molar-refractivity contribution in [2.24, 2.45) is 23.7 Å². The van der Waals surface area contributed by atoms with Gasteiger partial charge in [-0.05, 0) is 37.0 Å². The van der Waals surface area contributed by atoms with E-state index in [0.717, 1.165) is 6.42 Å². The number of nitrogens with zero attached hydrogens (tertiary/aromatic N) is 4. The van der Waals surface area contributed by atoms with Crippen LogP contribution in [0.15, 0.2) is 0 Å². The maximum Gasteiger partial charge on any atom is 0.327 e. The van der Waals surface area contributed by atoms with Gasteiger partial charge in [-0.3, -0.25) is 19.6 Å². The molecule has 2 saturated heterocycles. The number of hydrogen-bond donors (Lipinski definition) is 0. The molecule has 0 aromatic carbocycles. The van der Waals surface area contributed by atoms with Gasteiger partial charge in [-0.25, -0.2) is 9.59 Å². The molecule has 2 aliphatic rings. The second kappa shape index (κ2) is 14.1. The number of carbonyl (C=O) groups is 2. The summed E-state index contributed by atoms with van der Waals surface area (Å²) in [5.74, 6) is 1.23. The molecule has 0 bridgehead atoms. The van der Waals surface area contributed by atoms with Crippen molar-refractivity contribution in [3.8, 4) is 0 Å². The lowest BCUT2D eigenvalue weighted by molar-refractivity contribution is -0.141. The first kappa shape index (κ1) is 32.6. The summed E-state index contributed by atoms with van der Waals surface area (Å²) in [7, 11) is 0. The molecule has 2 heterocycles. The van der Waals surface area contributed by atoms with Crippen LogP contribution in [0.1, 0.15) is 82.1 Å². The van der Waals surface area contributed by atoms with E-state index in [1.807, 2.05) is 6.92 Å². The van der Waals surface area contributed by atoms with Crippen LogP contribution >= 0.6 is 0 Å².